The number of nitrogens with one attached hydrogen (secondary N) is 1. The standard InChI is InChI=1S/C24H26N6O3.ClH/c1-3-30-21-11-20(22(9-17(21)12-26-30)29-7-5-19(31)13-29)28-23(32)10-18-14-33-24(27-18)16-4-6-25-15(2)8-16;/h4,6,8-9,11-12,14,19,31H,3,5,7,10,13H2,1-2H3,(H,28,32);1H/t19-;/m0./s1. The Bertz CT molecular complexity index is 1320. The van der Waals surface area contributed by atoms with Crippen LogP contribution in [0.5, 0.6) is 0 Å². The number of pyridine rings is 1. The minimum Gasteiger partial charge on any atom is -0.444 e. The number of nitrogens with zero attached hydrogens (tertiary/aromatic N) is 5. The summed E-state index contributed by atoms with van der Waals surface area (Å²) in [7, 11) is 0. The number of halogens is 1. The summed E-state index contributed by atoms with van der Waals surface area (Å²) in [5.74, 6) is 0.270. The Balaban J connectivity index is 0.00000274. The van der Waals surface area contributed by atoms with Crippen LogP contribution < -0.4 is 10.2 Å². The summed E-state index contributed by atoms with van der Waals surface area (Å²) in [5.41, 5.74) is 4.78. The molecule has 1 amide bonds. The Hall–Kier alpha value is -3.43. The lowest BCUT2D eigenvalue weighted by molar-refractivity contribution is -0.115. The van der Waals surface area contributed by atoms with Gasteiger partial charge in [-0.25, -0.2) is 4.98 Å². The second kappa shape index (κ2) is 9.82. The quantitative estimate of drug-likeness (QED) is 0.432. The number of aromatic nitrogens is 4. The maximum atomic E-state index is 12.9. The van der Waals surface area contributed by atoms with Gasteiger partial charge < -0.3 is 19.7 Å². The van der Waals surface area contributed by atoms with Gasteiger partial charge in [0.15, 0.2) is 0 Å². The van der Waals surface area contributed by atoms with Crippen LogP contribution in [0.1, 0.15) is 24.7 Å². The van der Waals surface area contributed by atoms with Gasteiger partial charge in [-0.2, -0.15) is 5.10 Å². The molecule has 178 valence electrons. The monoisotopic (exact) mass is 482 g/mol. The second-order valence-electron chi connectivity index (χ2n) is 8.33. The average molecular weight is 483 g/mol. The summed E-state index contributed by atoms with van der Waals surface area (Å²) in [6, 6.07) is 7.70. The number of hydrogen-bond donors (Lipinski definition) is 2. The van der Waals surface area contributed by atoms with Crippen molar-refractivity contribution in [3.63, 3.8) is 0 Å². The molecule has 9 nitrogen and oxygen atoms in total. The molecule has 0 spiro atoms. The van der Waals surface area contributed by atoms with E-state index in [1.54, 1.807) is 6.20 Å². The number of β-amino-alcohol motifs (C(OH)–C–C–N with tert-alkyl or cyclic N) is 1. The molecule has 0 aliphatic carbocycles. The van der Waals surface area contributed by atoms with E-state index in [4.69, 9.17) is 4.42 Å². The normalized spacial score (nSPS) is 15.5. The van der Waals surface area contributed by atoms with Gasteiger partial charge in [0, 0.05) is 42.5 Å². The topological polar surface area (TPSA) is 109 Å². The molecule has 1 fully saturated rings. The van der Waals surface area contributed by atoms with E-state index in [0.29, 0.717) is 30.2 Å². The Kier molecular flexibility index (Phi) is 6.85. The molecular formula is C24H27ClN6O3. The smallest absolute Gasteiger partial charge is 0.230 e. The molecule has 5 rings (SSSR count). The van der Waals surface area contributed by atoms with Gasteiger partial charge in [-0.05, 0) is 44.5 Å². The number of carbonyl (C=O) groups is 1. The summed E-state index contributed by atoms with van der Waals surface area (Å²) in [6.07, 6.45) is 5.47. The number of fused-ring (bicyclic) bond motifs is 1. The Morgan fingerprint density at radius 1 is 1.32 bits per heavy atom. The van der Waals surface area contributed by atoms with Crippen LogP contribution in [0.15, 0.2) is 47.3 Å². The zero-order valence-electron chi connectivity index (χ0n) is 19.1. The number of aliphatic hydroxyl groups is 1. The van der Waals surface area contributed by atoms with E-state index in [-0.39, 0.29) is 30.8 Å². The Morgan fingerprint density at radius 2 is 2.18 bits per heavy atom. The molecule has 4 aromatic rings. The van der Waals surface area contributed by atoms with Gasteiger partial charge in [0.25, 0.3) is 0 Å². The first-order chi connectivity index (χ1) is 16.0. The SMILES string of the molecule is CCn1ncc2cc(N3CC[C@H](O)C3)c(NC(=O)Cc3coc(-c4ccnc(C)c4)n3)cc21.Cl. The molecule has 0 unspecified atom stereocenters. The Labute approximate surface area is 203 Å². The number of hydrogen-bond acceptors (Lipinski definition) is 7. The molecule has 1 saturated heterocycles. The van der Waals surface area contributed by atoms with Crippen molar-refractivity contribution in [2.45, 2.75) is 39.3 Å². The van der Waals surface area contributed by atoms with Gasteiger partial charge in [-0.3, -0.25) is 14.5 Å². The number of aryl methyl sites for hydroxylation is 2. The first-order valence-corrected chi connectivity index (χ1v) is 11.1. The molecule has 2 N–H and O–H groups in total. The predicted molar refractivity (Wildman–Crippen MR) is 132 cm³/mol. The van der Waals surface area contributed by atoms with Crippen molar-refractivity contribution in [2.75, 3.05) is 23.3 Å². The van der Waals surface area contributed by atoms with E-state index in [1.165, 1.54) is 6.26 Å². The predicted octanol–water partition coefficient (Wildman–Crippen LogP) is 3.59. The van der Waals surface area contributed by atoms with Gasteiger partial charge in [-0.15, -0.1) is 12.4 Å². The average Bonchev–Trinajstić information content (AvgIpc) is 3.53. The summed E-state index contributed by atoms with van der Waals surface area (Å²) in [5, 5.41) is 18.5. The van der Waals surface area contributed by atoms with Crippen LogP contribution in [0.4, 0.5) is 11.4 Å². The Morgan fingerprint density at radius 3 is 2.91 bits per heavy atom. The lowest BCUT2D eigenvalue weighted by Gasteiger charge is -2.22. The third-order valence-corrected chi connectivity index (χ3v) is 5.87. The van der Waals surface area contributed by atoms with Crippen molar-refractivity contribution >= 4 is 40.6 Å². The van der Waals surface area contributed by atoms with Gasteiger partial charge in [-0.1, -0.05) is 0 Å². The van der Waals surface area contributed by atoms with Gasteiger partial charge in [0.05, 0.1) is 41.3 Å². The van der Waals surface area contributed by atoms with Crippen LogP contribution in [-0.4, -0.2) is 50.0 Å². The lowest BCUT2D eigenvalue weighted by atomic mass is 10.1. The largest absolute Gasteiger partial charge is 0.444 e. The van der Waals surface area contributed by atoms with E-state index in [9.17, 15) is 9.90 Å². The molecule has 0 bridgehead atoms. The summed E-state index contributed by atoms with van der Waals surface area (Å²) in [4.78, 5) is 23.7. The number of oxazole rings is 1. The number of anilines is 2. The fourth-order valence-corrected chi connectivity index (χ4v) is 4.25. The second-order valence-corrected chi connectivity index (χ2v) is 8.33. The van der Waals surface area contributed by atoms with E-state index >= 15 is 0 Å². The number of benzene rings is 1. The minimum atomic E-state index is -0.368. The van der Waals surface area contributed by atoms with Crippen molar-refractivity contribution in [1.82, 2.24) is 19.7 Å². The van der Waals surface area contributed by atoms with E-state index in [0.717, 1.165) is 40.9 Å². The number of amides is 1. The molecule has 3 aromatic heterocycles. The van der Waals surface area contributed by atoms with Crippen LogP contribution in [-0.2, 0) is 17.8 Å². The molecule has 4 heterocycles. The molecule has 34 heavy (non-hydrogen) atoms. The van der Waals surface area contributed by atoms with Crippen LogP contribution in [0.25, 0.3) is 22.4 Å². The van der Waals surface area contributed by atoms with Gasteiger partial charge >= 0.3 is 0 Å². The third kappa shape index (κ3) is 4.76. The number of rotatable bonds is 6. The number of aliphatic hydroxyl groups excluding tert-OH is 1. The summed E-state index contributed by atoms with van der Waals surface area (Å²) in [6.45, 7) is 5.93. The molecule has 0 saturated carbocycles. The van der Waals surface area contributed by atoms with Crippen LogP contribution in [0.2, 0.25) is 0 Å². The van der Waals surface area contributed by atoms with Gasteiger partial charge in [0.2, 0.25) is 11.8 Å². The highest BCUT2D eigenvalue weighted by Crippen LogP contribution is 2.34. The molecular weight excluding hydrogens is 456 g/mol. The molecule has 1 aliphatic heterocycles. The summed E-state index contributed by atoms with van der Waals surface area (Å²) >= 11 is 0. The van der Waals surface area contributed by atoms with Crippen LogP contribution in [0.3, 0.4) is 0 Å². The fourth-order valence-electron chi connectivity index (χ4n) is 4.25. The van der Waals surface area contributed by atoms with E-state index < -0.39 is 0 Å². The van der Waals surface area contributed by atoms with E-state index in [1.807, 2.05) is 49.0 Å². The fraction of sp³-hybridized carbons (Fsp3) is 0.333. The van der Waals surface area contributed by atoms with Crippen molar-refractivity contribution in [3.05, 3.63) is 54.3 Å². The molecule has 1 aliphatic rings. The van der Waals surface area contributed by atoms with Crippen LogP contribution >= 0.6 is 12.4 Å². The third-order valence-electron chi connectivity index (χ3n) is 5.87. The maximum Gasteiger partial charge on any atom is 0.230 e. The maximum absolute atomic E-state index is 12.9. The zero-order chi connectivity index (χ0) is 22.9. The first kappa shape index (κ1) is 23.7. The number of carbonyl (C=O) groups excluding carboxylic acids is 1. The van der Waals surface area contributed by atoms with Crippen molar-refractivity contribution in [2.24, 2.45) is 0 Å². The van der Waals surface area contributed by atoms with Crippen LogP contribution in [0, 0.1) is 6.92 Å². The summed E-state index contributed by atoms with van der Waals surface area (Å²) < 4.78 is 7.48. The minimum absolute atomic E-state index is 0. The molecule has 0 radical (unpaired) electrons. The molecule has 10 heteroatoms. The van der Waals surface area contributed by atoms with E-state index in [2.05, 4.69) is 25.3 Å². The highest BCUT2D eigenvalue weighted by molar-refractivity contribution is 5.99. The van der Waals surface area contributed by atoms with Crippen molar-refractivity contribution in [1.29, 1.82) is 0 Å². The van der Waals surface area contributed by atoms with Crippen molar-refractivity contribution < 1.29 is 14.3 Å². The van der Waals surface area contributed by atoms with Gasteiger partial charge in [0.1, 0.15) is 6.26 Å². The first-order valence-electron chi connectivity index (χ1n) is 11.1. The highest BCUT2D eigenvalue weighted by atomic mass is 35.5. The molecule has 1 atom stereocenters. The van der Waals surface area contributed by atoms with Crippen molar-refractivity contribution in [3.8, 4) is 11.5 Å². The molecule has 1 aromatic carbocycles. The zero-order valence-corrected chi connectivity index (χ0v) is 19.9. The lowest BCUT2D eigenvalue weighted by Crippen LogP contribution is -2.24. The highest BCUT2D eigenvalue weighted by Gasteiger charge is 2.24.